The molecular weight excluding hydrogens is 314 g/mol. The van der Waals surface area contributed by atoms with Gasteiger partial charge in [0.15, 0.2) is 0 Å². The van der Waals surface area contributed by atoms with Crippen molar-refractivity contribution in [1.82, 2.24) is 9.80 Å². The summed E-state index contributed by atoms with van der Waals surface area (Å²) in [6.07, 6.45) is 3.87. The standard InChI is InChI=1S/C17H18ClN3O2/c18-15-4-1-3-14(13-15)5-6-16(22)20-9-2-10-21(12-11-20)17(23)7-8-19/h1,3-6,13H,2,7,9-12H2/b6-5+. The van der Waals surface area contributed by atoms with Gasteiger partial charge in [-0.3, -0.25) is 9.59 Å². The minimum Gasteiger partial charge on any atom is -0.340 e. The van der Waals surface area contributed by atoms with Crippen LogP contribution < -0.4 is 0 Å². The summed E-state index contributed by atoms with van der Waals surface area (Å²) < 4.78 is 0. The molecule has 120 valence electrons. The highest BCUT2D eigenvalue weighted by molar-refractivity contribution is 6.30. The molecule has 2 rings (SSSR count). The number of carbonyl (C=O) groups is 2. The second-order valence-electron chi connectivity index (χ2n) is 5.28. The van der Waals surface area contributed by atoms with Gasteiger partial charge >= 0.3 is 0 Å². The zero-order chi connectivity index (χ0) is 16.7. The smallest absolute Gasteiger partial charge is 0.246 e. The van der Waals surface area contributed by atoms with Gasteiger partial charge in [-0.25, -0.2) is 0 Å². The summed E-state index contributed by atoms with van der Waals surface area (Å²) in [5.41, 5.74) is 0.867. The Kier molecular flexibility index (Phi) is 6.19. The van der Waals surface area contributed by atoms with Gasteiger partial charge in [0.1, 0.15) is 6.42 Å². The Morgan fingerprint density at radius 1 is 1.22 bits per heavy atom. The molecule has 1 aromatic carbocycles. The molecule has 0 bridgehead atoms. The van der Waals surface area contributed by atoms with Crippen LogP contribution in [0.1, 0.15) is 18.4 Å². The largest absolute Gasteiger partial charge is 0.340 e. The quantitative estimate of drug-likeness (QED) is 0.798. The molecule has 1 saturated heterocycles. The number of hydrogen-bond donors (Lipinski definition) is 0. The maximum atomic E-state index is 12.3. The van der Waals surface area contributed by atoms with E-state index in [0.29, 0.717) is 37.6 Å². The number of nitriles is 1. The Balaban J connectivity index is 1.93. The predicted octanol–water partition coefficient (Wildman–Crippen LogP) is 2.33. The molecule has 23 heavy (non-hydrogen) atoms. The molecule has 1 fully saturated rings. The number of rotatable bonds is 3. The Labute approximate surface area is 140 Å². The SMILES string of the molecule is N#CCC(=O)N1CCCN(C(=O)/C=C/c2cccc(Cl)c2)CC1. The number of halogens is 1. The fraction of sp³-hybridized carbons (Fsp3) is 0.353. The van der Waals surface area contributed by atoms with Crippen molar-refractivity contribution in [3.63, 3.8) is 0 Å². The van der Waals surface area contributed by atoms with Crippen molar-refractivity contribution in [1.29, 1.82) is 5.26 Å². The van der Waals surface area contributed by atoms with Gasteiger partial charge < -0.3 is 9.80 Å². The highest BCUT2D eigenvalue weighted by atomic mass is 35.5. The van der Waals surface area contributed by atoms with Crippen molar-refractivity contribution in [2.24, 2.45) is 0 Å². The third kappa shape index (κ3) is 5.11. The van der Waals surface area contributed by atoms with Gasteiger partial charge in [0.2, 0.25) is 11.8 Å². The molecule has 0 N–H and O–H groups in total. The third-order valence-electron chi connectivity index (χ3n) is 3.66. The fourth-order valence-corrected chi connectivity index (χ4v) is 2.65. The minimum absolute atomic E-state index is 0.0837. The van der Waals surface area contributed by atoms with Gasteiger partial charge in [0, 0.05) is 37.3 Å². The Bertz CT molecular complexity index is 651. The second kappa shape index (κ2) is 8.35. The van der Waals surface area contributed by atoms with Crippen molar-refractivity contribution >= 4 is 29.5 Å². The van der Waals surface area contributed by atoms with E-state index >= 15 is 0 Å². The lowest BCUT2D eigenvalue weighted by Crippen LogP contribution is -2.36. The van der Waals surface area contributed by atoms with Crippen LogP contribution in [0.15, 0.2) is 30.3 Å². The van der Waals surface area contributed by atoms with Crippen LogP contribution in [0.3, 0.4) is 0 Å². The average molecular weight is 332 g/mol. The normalized spacial score (nSPS) is 15.3. The first-order valence-corrected chi connectivity index (χ1v) is 7.85. The van der Waals surface area contributed by atoms with Crippen LogP contribution in [0.4, 0.5) is 0 Å². The first kappa shape index (κ1) is 17.0. The molecule has 0 unspecified atom stereocenters. The molecule has 1 aromatic rings. The van der Waals surface area contributed by atoms with Crippen molar-refractivity contribution in [2.45, 2.75) is 12.8 Å². The third-order valence-corrected chi connectivity index (χ3v) is 3.89. The number of benzene rings is 1. The lowest BCUT2D eigenvalue weighted by Gasteiger charge is -2.20. The molecule has 1 aliphatic rings. The van der Waals surface area contributed by atoms with E-state index in [4.69, 9.17) is 16.9 Å². The topological polar surface area (TPSA) is 64.4 Å². The van der Waals surface area contributed by atoms with Crippen LogP contribution in [0, 0.1) is 11.3 Å². The van der Waals surface area contributed by atoms with E-state index in [1.165, 1.54) is 6.08 Å². The number of carbonyl (C=O) groups excluding carboxylic acids is 2. The first-order valence-electron chi connectivity index (χ1n) is 7.47. The van der Waals surface area contributed by atoms with E-state index in [1.54, 1.807) is 28.0 Å². The average Bonchev–Trinajstić information content (AvgIpc) is 2.79. The van der Waals surface area contributed by atoms with Crippen LogP contribution in [0.25, 0.3) is 6.08 Å². The molecule has 0 saturated carbocycles. The van der Waals surface area contributed by atoms with E-state index in [1.807, 2.05) is 18.2 Å². The zero-order valence-corrected chi connectivity index (χ0v) is 13.5. The molecule has 6 heteroatoms. The molecule has 2 amide bonds. The van der Waals surface area contributed by atoms with E-state index in [-0.39, 0.29) is 18.2 Å². The van der Waals surface area contributed by atoms with Crippen LogP contribution >= 0.6 is 11.6 Å². The van der Waals surface area contributed by atoms with Gasteiger partial charge in [0.25, 0.3) is 0 Å². The Hall–Kier alpha value is -2.32. The second-order valence-corrected chi connectivity index (χ2v) is 5.72. The highest BCUT2D eigenvalue weighted by Crippen LogP contribution is 2.12. The molecule has 0 aliphatic carbocycles. The molecule has 1 aliphatic heterocycles. The predicted molar refractivity (Wildman–Crippen MR) is 88.5 cm³/mol. The van der Waals surface area contributed by atoms with Gasteiger partial charge in [-0.15, -0.1) is 0 Å². The summed E-state index contributed by atoms with van der Waals surface area (Å²) in [7, 11) is 0. The Morgan fingerprint density at radius 2 is 1.96 bits per heavy atom. The molecule has 0 radical (unpaired) electrons. The lowest BCUT2D eigenvalue weighted by molar-refractivity contribution is -0.131. The van der Waals surface area contributed by atoms with Crippen molar-refractivity contribution in [3.05, 3.63) is 40.9 Å². The molecule has 0 spiro atoms. The molecule has 0 atom stereocenters. The van der Waals surface area contributed by atoms with Gasteiger partial charge in [-0.05, 0) is 30.2 Å². The van der Waals surface area contributed by atoms with Crippen molar-refractivity contribution in [2.75, 3.05) is 26.2 Å². The fourth-order valence-electron chi connectivity index (χ4n) is 2.45. The summed E-state index contributed by atoms with van der Waals surface area (Å²) in [4.78, 5) is 27.4. The van der Waals surface area contributed by atoms with Crippen molar-refractivity contribution in [3.8, 4) is 6.07 Å². The summed E-state index contributed by atoms with van der Waals surface area (Å²) in [6, 6.07) is 9.14. The molecule has 1 heterocycles. The lowest BCUT2D eigenvalue weighted by atomic mass is 10.2. The summed E-state index contributed by atoms with van der Waals surface area (Å²) >= 11 is 5.91. The monoisotopic (exact) mass is 331 g/mol. The molecular formula is C17H18ClN3O2. The van der Waals surface area contributed by atoms with Crippen LogP contribution in [-0.2, 0) is 9.59 Å². The minimum atomic E-state index is -0.170. The summed E-state index contributed by atoms with van der Waals surface area (Å²) in [6.45, 7) is 2.14. The molecule has 5 nitrogen and oxygen atoms in total. The Morgan fingerprint density at radius 3 is 2.70 bits per heavy atom. The van der Waals surface area contributed by atoms with Crippen LogP contribution in [0.2, 0.25) is 5.02 Å². The molecule has 0 aromatic heterocycles. The maximum Gasteiger partial charge on any atom is 0.246 e. The number of hydrogen-bond acceptors (Lipinski definition) is 3. The van der Waals surface area contributed by atoms with Gasteiger partial charge in [0.05, 0.1) is 6.07 Å². The number of amides is 2. The van der Waals surface area contributed by atoms with Crippen LogP contribution in [0.5, 0.6) is 0 Å². The van der Waals surface area contributed by atoms with Crippen LogP contribution in [-0.4, -0.2) is 47.8 Å². The van der Waals surface area contributed by atoms with E-state index in [9.17, 15) is 9.59 Å². The van der Waals surface area contributed by atoms with Gasteiger partial charge in [-0.1, -0.05) is 23.7 Å². The van der Waals surface area contributed by atoms with E-state index in [0.717, 1.165) is 5.56 Å². The number of nitrogens with zero attached hydrogens (tertiary/aromatic N) is 3. The van der Waals surface area contributed by atoms with E-state index < -0.39 is 0 Å². The van der Waals surface area contributed by atoms with E-state index in [2.05, 4.69) is 0 Å². The first-order chi connectivity index (χ1) is 11.1. The summed E-state index contributed by atoms with van der Waals surface area (Å²) in [5.74, 6) is -0.254. The highest BCUT2D eigenvalue weighted by Gasteiger charge is 2.20. The van der Waals surface area contributed by atoms with Crippen molar-refractivity contribution < 1.29 is 9.59 Å². The zero-order valence-electron chi connectivity index (χ0n) is 12.7. The maximum absolute atomic E-state index is 12.3. The van der Waals surface area contributed by atoms with Gasteiger partial charge in [-0.2, -0.15) is 5.26 Å². The summed E-state index contributed by atoms with van der Waals surface area (Å²) in [5, 5.41) is 9.22.